The molecule has 1 nitrogen and oxygen atoms in total. The lowest BCUT2D eigenvalue weighted by atomic mass is 10.1. The molecule has 0 aliphatic carbocycles. The van der Waals surface area contributed by atoms with Gasteiger partial charge in [0, 0.05) is 11.9 Å². The smallest absolute Gasteiger partial charge is 0.0921 e. The van der Waals surface area contributed by atoms with E-state index in [4.69, 9.17) is 4.74 Å². The van der Waals surface area contributed by atoms with Crippen molar-refractivity contribution >= 4 is 15.9 Å². The SMILES string of the molecule is Cc1cccc(C(CBr)OCC(C)C)c1. The van der Waals surface area contributed by atoms with E-state index >= 15 is 0 Å². The Morgan fingerprint density at radius 2 is 2.07 bits per heavy atom. The Labute approximate surface area is 101 Å². The van der Waals surface area contributed by atoms with Crippen molar-refractivity contribution in [1.82, 2.24) is 0 Å². The molecule has 0 bridgehead atoms. The summed E-state index contributed by atoms with van der Waals surface area (Å²) in [4.78, 5) is 0. The van der Waals surface area contributed by atoms with Gasteiger partial charge >= 0.3 is 0 Å². The number of hydrogen-bond donors (Lipinski definition) is 0. The highest BCUT2D eigenvalue weighted by Gasteiger charge is 2.10. The van der Waals surface area contributed by atoms with Crippen LogP contribution in [0.1, 0.15) is 31.1 Å². The van der Waals surface area contributed by atoms with Crippen LogP contribution in [0.25, 0.3) is 0 Å². The van der Waals surface area contributed by atoms with Crippen molar-refractivity contribution in [2.45, 2.75) is 26.9 Å². The molecular weight excluding hydrogens is 252 g/mol. The van der Waals surface area contributed by atoms with Gasteiger partial charge in [-0.05, 0) is 18.4 Å². The lowest BCUT2D eigenvalue weighted by Gasteiger charge is -2.17. The Morgan fingerprint density at radius 3 is 2.60 bits per heavy atom. The maximum atomic E-state index is 5.85. The Balaban J connectivity index is 2.65. The number of ether oxygens (including phenoxy) is 1. The number of aryl methyl sites for hydroxylation is 1. The highest BCUT2D eigenvalue weighted by molar-refractivity contribution is 9.09. The first-order chi connectivity index (χ1) is 7.13. The minimum absolute atomic E-state index is 0.173. The summed E-state index contributed by atoms with van der Waals surface area (Å²) in [5.74, 6) is 0.580. The van der Waals surface area contributed by atoms with Crippen LogP contribution < -0.4 is 0 Å². The molecule has 84 valence electrons. The quantitative estimate of drug-likeness (QED) is 0.732. The molecule has 1 unspecified atom stereocenters. The molecule has 0 amide bonds. The van der Waals surface area contributed by atoms with E-state index in [1.54, 1.807) is 0 Å². The molecule has 0 spiro atoms. The number of hydrogen-bond acceptors (Lipinski definition) is 1. The van der Waals surface area contributed by atoms with Crippen LogP contribution in [0, 0.1) is 12.8 Å². The normalized spacial score (nSPS) is 13.1. The molecule has 0 heterocycles. The van der Waals surface area contributed by atoms with E-state index in [1.165, 1.54) is 11.1 Å². The number of halogens is 1. The molecule has 0 radical (unpaired) electrons. The molecule has 1 aromatic rings. The minimum atomic E-state index is 0.173. The summed E-state index contributed by atoms with van der Waals surface area (Å²) >= 11 is 3.50. The Hall–Kier alpha value is -0.340. The highest BCUT2D eigenvalue weighted by Crippen LogP contribution is 2.21. The number of rotatable bonds is 5. The fourth-order valence-electron chi connectivity index (χ4n) is 1.41. The van der Waals surface area contributed by atoms with Crippen LogP contribution in [0.3, 0.4) is 0 Å². The summed E-state index contributed by atoms with van der Waals surface area (Å²) in [7, 11) is 0. The topological polar surface area (TPSA) is 9.23 Å². The fourth-order valence-corrected chi connectivity index (χ4v) is 1.97. The Morgan fingerprint density at radius 1 is 1.33 bits per heavy atom. The van der Waals surface area contributed by atoms with E-state index < -0.39 is 0 Å². The molecule has 15 heavy (non-hydrogen) atoms. The van der Waals surface area contributed by atoms with Crippen LogP contribution in [0.15, 0.2) is 24.3 Å². The second kappa shape index (κ2) is 6.29. The standard InChI is InChI=1S/C13H19BrO/c1-10(2)9-15-13(8-14)12-6-4-5-11(3)7-12/h4-7,10,13H,8-9H2,1-3H3. The van der Waals surface area contributed by atoms with Crippen LogP contribution in [0.2, 0.25) is 0 Å². The molecule has 0 saturated heterocycles. The Kier molecular flexibility index (Phi) is 5.34. The molecular formula is C13H19BrO. The van der Waals surface area contributed by atoms with Gasteiger partial charge < -0.3 is 4.74 Å². The van der Waals surface area contributed by atoms with Gasteiger partial charge in [0.15, 0.2) is 0 Å². The average Bonchev–Trinajstić information content (AvgIpc) is 2.18. The molecule has 1 aromatic carbocycles. The largest absolute Gasteiger partial charge is 0.372 e. The van der Waals surface area contributed by atoms with Crippen molar-refractivity contribution in [3.63, 3.8) is 0 Å². The van der Waals surface area contributed by atoms with E-state index in [-0.39, 0.29) is 6.10 Å². The monoisotopic (exact) mass is 270 g/mol. The van der Waals surface area contributed by atoms with Crippen molar-refractivity contribution in [1.29, 1.82) is 0 Å². The lowest BCUT2D eigenvalue weighted by Crippen LogP contribution is -2.10. The minimum Gasteiger partial charge on any atom is -0.372 e. The van der Waals surface area contributed by atoms with Gasteiger partial charge in [-0.3, -0.25) is 0 Å². The van der Waals surface area contributed by atoms with Gasteiger partial charge in [0.25, 0.3) is 0 Å². The van der Waals surface area contributed by atoms with Crippen molar-refractivity contribution in [2.75, 3.05) is 11.9 Å². The molecule has 0 N–H and O–H groups in total. The lowest BCUT2D eigenvalue weighted by molar-refractivity contribution is 0.0507. The first-order valence-electron chi connectivity index (χ1n) is 5.37. The fraction of sp³-hybridized carbons (Fsp3) is 0.538. The predicted molar refractivity (Wildman–Crippen MR) is 68.5 cm³/mol. The summed E-state index contributed by atoms with van der Waals surface area (Å²) in [6, 6.07) is 8.50. The third kappa shape index (κ3) is 4.35. The summed E-state index contributed by atoms with van der Waals surface area (Å²) in [5.41, 5.74) is 2.54. The van der Waals surface area contributed by atoms with Crippen LogP contribution in [0.5, 0.6) is 0 Å². The van der Waals surface area contributed by atoms with Crippen molar-refractivity contribution < 1.29 is 4.74 Å². The van der Waals surface area contributed by atoms with E-state index in [1.807, 2.05) is 0 Å². The molecule has 2 heteroatoms. The zero-order chi connectivity index (χ0) is 11.3. The zero-order valence-electron chi connectivity index (χ0n) is 9.66. The van der Waals surface area contributed by atoms with Gasteiger partial charge in [0.1, 0.15) is 0 Å². The van der Waals surface area contributed by atoms with Crippen molar-refractivity contribution in [3.05, 3.63) is 35.4 Å². The first-order valence-corrected chi connectivity index (χ1v) is 6.49. The van der Waals surface area contributed by atoms with Crippen molar-refractivity contribution in [2.24, 2.45) is 5.92 Å². The molecule has 1 atom stereocenters. The van der Waals surface area contributed by atoms with Gasteiger partial charge in [-0.25, -0.2) is 0 Å². The van der Waals surface area contributed by atoms with Gasteiger partial charge in [-0.1, -0.05) is 59.6 Å². The van der Waals surface area contributed by atoms with Crippen LogP contribution >= 0.6 is 15.9 Å². The molecule has 0 saturated carbocycles. The summed E-state index contributed by atoms with van der Waals surface area (Å²) in [5, 5.41) is 0.850. The van der Waals surface area contributed by atoms with E-state index in [9.17, 15) is 0 Å². The second-order valence-electron chi connectivity index (χ2n) is 4.28. The van der Waals surface area contributed by atoms with Gasteiger partial charge in [0.05, 0.1) is 6.10 Å². The maximum Gasteiger partial charge on any atom is 0.0921 e. The molecule has 1 rings (SSSR count). The van der Waals surface area contributed by atoms with Crippen LogP contribution in [0.4, 0.5) is 0 Å². The summed E-state index contributed by atoms with van der Waals surface area (Å²) in [6.45, 7) is 7.25. The zero-order valence-corrected chi connectivity index (χ0v) is 11.3. The van der Waals surface area contributed by atoms with Crippen LogP contribution in [-0.4, -0.2) is 11.9 Å². The third-order valence-corrected chi connectivity index (χ3v) is 2.77. The first kappa shape index (κ1) is 12.7. The number of benzene rings is 1. The predicted octanol–water partition coefficient (Wildman–Crippen LogP) is 4.10. The van der Waals surface area contributed by atoms with E-state index in [0.29, 0.717) is 5.92 Å². The summed E-state index contributed by atoms with van der Waals surface area (Å²) in [6.07, 6.45) is 0.173. The van der Waals surface area contributed by atoms with E-state index in [2.05, 4.69) is 61.0 Å². The van der Waals surface area contributed by atoms with Crippen molar-refractivity contribution in [3.8, 4) is 0 Å². The van der Waals surface area contributed by atoms with Crippen LogP contribution in [-0.2, 0) is 4.74 Å². The van der Waals surface area contributed by atoms with Gasteiger partial charge in [0.2, 0.25) is 0 Å². The van der Waals surface area contributed by atoms with Gasteiger partial charge in [-0.2, -0.15) is 0 Å². The second-order valence-corrected chi connectivity index (χ2v) is 4.93. The Bertz CT molecular complexity index is 296. The number of alkyl halides is 1. The molecule has 0 aromatic heterocycles. The average molecular weight is 271 g/mol. The molecule has 0 fully saturated rings. The maximum absolute atomic E-state index is 5.85. The van der Waals surface area contributed by atoms with E-state index in [0.717, 1.165) is 11.9 Å². The molecule has 0 aliphatic rings. The van der Waals surface area contributed by atoms with Gasteiger partial charge in [-0.15, -0.1) is 0 Å². The molecule has 0 aliphatic heterocycles. The highest BCUT2D eigenvalue weighted by atomic mass is 79.9. The summed E-state index contributed by atoms with van der Waals surface area (Å²) < 4.78 is 5.85. The third-order valence-electron chi connectivity index (χ3n) is 2.18.